The molecule has 2 aromatic heterocycles. The Morgan fingerprint density at radius 2 is 1.86 bits per heavy atom. The lowest BCUT2D eigenvalue weighted by atomic mass is 9.69. The summed E-state index contributed by atoms with van der Waals surface area (Å²) in [5, 5.41) is 28.3. The highest BCUT2D eigenvalue weighted by atomic mass is 35.5. The summed E-state index contributed by atoms with van der Waals surface area (Å²) in [5.41, 5.74) is 3.33. The van der Waals surface area contributed by atoms with Gasteiger partial charge in [0.2, 0.25) is 0 Å². The third-order valence-electron chi connectivity index (χ3n) is 9.29. The van der Waals surface area contributed by atoms with Crippen LogP contribution in [0.25, 0.3) is 10.9 Å². The minimum atomic E-state index is -0.841. The number of anilines is 2. The van der Waals surface area contributed by atoms with E-state index < -0.39 is 5.44 Å². The van der Waals surface area contributed by atoms with Gasteiger partial charge in [0, 0.05) is 53.8 Å². The van der Waals surface area contributed by atoms with Crippen molar-refractivity contribution < 1.29 is 4.74 Å². The van der Waals surface area contributed by atoms with Gasteiger partial charge in [0.25, 0.3) is 0 Å². The smallest absolute Gasteiger partial charge is 0.148 e. The minimum Gasteiger partial charge on any atom is -0.383 e. The van der Waals surface area contributed by atoms with E-state index in [-0.39, 0.29) is 5.41 Å². The Morgan fingerprint density at radius 3 is 2.52 bits per heavy atom. The highest BCUT2D eigenvalue weighted by molar-refractivity contribution is 6.36. The van der Waals surface area contributed by atoms with Crippen molar-refractivity contribution in [3.63, 3.8) is 0 Å². The highest BCUT2D eigenvalue weighted by Crippen LogP contribution is 2.55. The molecule has 1 unspecified atom stereocenters. The molecule has 3 fully saturated rings. The van der Waals surface area contributed by atoms with Crippen LogP contribution in [0.4, 0.5) is 11.4 Å². The number of pyridine rings is 1. The van der Waals surface area contributed by atoms with Crippen LogP contribution in [0, 0.1) is 28.6 Å². The fourth-order valence-electron chi connectivity index (χ4n) is 6.69. The summed E-state index contributed by atoms with van der Waals surface area (Å²) in [6, 6.07) is 14.8. The number of hydrogen-bond acceptors (Lipinski definition) is 8. The summed E-state index contributed by atoms with van der Waals surface area (Å²) in [4.78, 5) is 7.09. The number of benzene rings is 2. The van der Waals surface area contributed by atoms with Gasteiger partial charge in [-0.2, -0.15) is 5.26 Å². The monoisotopic (exact) mass is 628 g/mol. The van der Waals surface area contributed by atoms with Crippen LogP contribution in [0.2, 0.25) is 10.0 Å². The van der Waals surface area contributed by atoms with E-state index in [1.165, 1.54) is 0 Å². The van der Waals surface area contributed by atoms with Gasteiger partial charge in [-0.1, -0.05) is 67.4 Å². The number of likely N-dealkylation sites (tertiary alicyclic amines) is 1. The van der Waals surface area contributed by atoms with Crippen LogP contribution in [0.1, 0.15) is 43.6 Å². The van der Waals surface area contributed by atoms with E-state index in [0.717, 1.165) is 48.6 Å². The van der Waals surface area contributed by atoms with Crippen molar-refractivity contribution >= 4 is 53.3 Å². The zero-order valence-corrected chi connectivity index (χ0v) is 26.8. The summed E-state index contributed by atoms with van der Waals surface area (Å²) >= 11 is 13.7. The third kappa shape index (κ3) is 5.20. The number of fused-ring (bicyclic) bond motifs is 2. The second kappa shape index (κ2) is 10.9. The highest BCUT2D eigenvalue weighted by Gasteiger charge is 2.59. The molecule has 1 aliphatic carbocycles. The summed E-state index contributed by atoms with van der Waals surface area (Å²) in [5.74, 6) is 1.18. The van der Waals surface area contributed by atoms with Crippen LogP contribution < -0.4 is 10.6 Å². The van der Waals surface area contributed by atoms with Crippen molar-refractivity contribution in [1.82, 2.24) is 24.9 Å². The molecule has 44 heavy (non-hydrogen) atoms. The fourth-order valence-corrected chi connectivity index (χ4v) is 7.28. The number of rotatable bonds is 8. The van der Waals surface area contributed by atoms with Crippen molar-refractivity contribution in [3.05, 3.63) is 75.7 Å². The van der Waals surface area contributed by atoms with Crippen LogP contribution in [0.15, 0.2) is 48.8 Å². The molecule has 4 atom stereocenters. The lowest BCUT2D eigenvalue weighted by molar-refractivity contribution is -0.0617. The van der Waals surface area contributed by atoms with Crippen molar-refractivity contribution in [2.24, 2.45) is 17.3 Å². The van der Waals surface area contributed by atoms with E-state index in [2.05, 4.69) is 66.6 Å². The van der Waals surface area contributed by atoms with Gasteiger partial charge >= 0.3 is 0 Å². The molecular weight excluding hydrogens is 594 g/mol. The van der Waals surface area contributed by atoms with E-state index in [1.807, 2.05) is 41.1 Å². The van der Waals surface area contributed by atoms with Gasteiger partial charge in [0.15, 0.2) is 0 Å². The summed E-state index contributed by atoms with van der Waals surface area (Å²) in [7, 11) is 2.06. The van der Waals surface area contributed by atoms with Crippen LogP contribution in [0.3, 0.4) is 0 Å². The average molecular weight is 629 g/mol. The molecule has 0 spiro atoms. The van der Waals surface area contributed by atoms with Gasteiger partial charge in [-0.05, 0) is 29.2 Å². The Bertz CT molecular complexity index is 1770. The SMILES string of the molecule is BC(Nc1cc(Cl)c2ncc(C#N)c(NCC(C)(C)C)c2c1)(c1cn([C@H]2[C@@H]3CN(C4COC4)C[C@@H]32)nn1)c1ccccc1Cl. The van der Waals surface area contributed by atoms with E-state index in [9.17, 15) is 5.26 Å². The lowest BCUT2D eigenvalue weighted by Gasteiger charge is -2.35. The topological polar surface area (TPSA) is 104 Å². The number of hydrogen-bond donors (Lipinski definition) is 2. The molecule has 1 saturated carbocycles. The van der Waals surface area contributed by atoms with E-state index in [1.54, 1.807) is 6.20 Å². The Hall–Kier alpha value is -3.36. The molecule has 4 aromatic rings. The summed E-state index contributed by atoms with van der Waals surface area (Å²) in [6.07, 6.45) is 3.63. The van der Waals surface area contributed by atoms with Crippen molar-refractivity contribution in [3.8, 4) is 6.07 Å². The van der Waals surface area contributed by atoms with Crippen molar-refractivity contribution in [2.75, 3.05) is 43.5 Å². The molecule has 2 aliphatic heterocycles. The molecule has 2 saturated heterocycles. The maximum atomic E-state index is 9.91. The lowest BCUT2D eigenvalue weighted by Crippen LogP contribution is -2.49. The molecule has 2 aromatic carbocycles. The van der Waals surface area contributed by atoms with Crippen molar-refractivity contribution in [2.45, 2.75) is 38.3 Å². The molecule has 0 amide bonds. The molecule has 0 bridgehead atoms. The quantitative estimate of drug-likeness (QED) is 0.265. The third-order valence-corrected chi connectivity index (χ3v) is 9.91. The number of nitrogens with zero attached hydrogens (tertiary/aromatic N) is 6. The van der Waals surface area contributed by atoms with Gasteiger partial charge < -0.3 is 15.4 Å². The Balaban J connectivity index is 1.24. The number of nitriles is 1. The Labute approximate surface area is 268 Å². The molecule has 2 N–H and O–H groups in total. The van der Waals surface area contributed by atoms with E-state index >= 15 is 0 Å². The number of piperidine rings is 1. The minimum absolute atomic E-state index is 0.000378. The van der Waals surface area contributed by atoms with Gasteiger partial charge in [-0.25, -0.2) is 4.68 Å². The Kier molecular flexibility index (Phi) is 7.28. The number of halogens is 2. The summed E-state index contributed by atoms with van der Waals surface area (Å²) < 4.78 is 7.45. The first kappa shape index (κ1) is 29.4. The average Bonchev–Trinajstić information content (AvgIpc) is 3.27. The summed E-state index contributed by atoms with van der Waals surface area (Å²) in [6.45, 7) is 11.0. The number of nitrogens with one attached hydrogen (secondary N) is 2. The first-order valence-electron chi connectivity index (χ1n) is 15.1. The molecule has 3 aliphatic rings. The predicted molar refractivity (Wildman–Crippen MR) is 176 cm³/mol. The predicted octanol–water partition coefficient (Wildman–Crippen LogP) is 4.91. The largest absolute Gasteiger partial charge is 0.383 e. The molecule has 12 heteroatoms. The first-order chi connectivity index (χ1) is 21.1. The fraction of sp³-hybridized carbons (Fsp3) is 0.438. The second-order valence-electron chi connectivity index (χ2n) is 13.7. The molecule has 4 heterocycles. The zero-order chi connectivity index (χ0) is 30.8. The first-order valence-corrected chi connectivity index (χ1v) is 15.8. The molecule has 226 valence electrons. The maximum Gasteiger partial charge on any atom is 0.148 e. The number of aromatic nitrogens is 4. The second-order valence-corrected chi connectivity index (χ2v) is 14.5. The van der Waals surface area contributed by atoms with E-state index in [0.29, 0.717) is 57.3 Å². The number of ether oxygens (including phenoxy) is 1. The molecule has 0 radical (unpaired) electrons. The molecule has 7 rings (SSSR count). The van der Waals surface area contributed by atoms with Crippen LogP contribution >= 0.6 is 23.2 Å². The maximum absolute atomic E-state index is 9.91. The van der Waals surface area contributed by atoms with Crippen LogP contribution in [-0.2, 0) is 10.2 Å². The van der Waals surface area contributed by atoms with Crippen LogP contribution in [0.5, 0.6) is 0 Å². The van der Waals surface area contributed by atoms with Gasteiger partial charge in [-0.15, -0.1) is 5.10 Å². The van der Waals surface area contributed by atoms with Gasteiger partial charge in [-0.3, -0.25) is 9.88 Å². The van der Waals surface area contributed by atoms with Gasteiger partial charge in [0.05, 0.1) is 58.7 Å². The Morgan fingerprint density at radius 1 is 1.11 bits per heavy atom. The standard InChI is InChI=1S/C32H35BCl2N8O/c1-31(2,3)17-38-28-18(10-36)11-37-29-21(28)8-19(9-26(29)35)39-32(33,24-6-4-5-7-25(24)34)27-14-43(41-40-27)30-22-12-42(13-23(22)30)20-15-44-16-20/h4-9,11,14,20,22-23,30,39H,12-13,15-17,33H2,1-3H3,(H,37,38)/t22-,23+,30+,32?. The zero-order valence-electron chi connectivity index (χ0n) is 25.3. The normalized spacial score (nSPS) is 23.0. The van der Waals surface area contributed by atoms with Crippen molar-refractivity contribution in [1.29, 1.82) is 5.26 Å². The molecular formula is C32H35BCl2N8O. The van der Waals surface area contributed by atoms with Gasteiger partial charge in [0.1, 0.15) is 19.6 Å². The van der Waals surface area contributed by atoms with E-state index in [4.69, 9.17) is 33.0 Å². The molecule has 9 nitrogen and oxygen atoms in total. The van der Waals surface area contributed by atoms with Crippen LogP contribution in [-0.4, -0.2) is 71.6 Å².